The van der Waals surface area contributed by atoms with Crippen molar-refractivity contribution in [3.8, 4) is 16.9 Å². The molecule has 9 heteroatoms. The number of pyridine rings is 2. The summed E-state index contributed by atoms with van der Waals surface area (Å²) in [7, 11) is 0. The van der Waals surface area contributed by atoms with Crippen LogP contribution in [0.2, 0.25) is 0 Å². The summed E-state index contributed by atoms with van der Waals surface area (Å²) in [5, 5.41) is 12.2. The lowest BCUT2D eigenvalue weighted by atomic mass is 9.78. The third-order valence-corrected chi connectivity index (χ3v) is 7.02. The summed E-state index contributed by atoms with van der Waals surface area (Å²) in [4.78, 5) is 21.7. The number of amides is 1. The van der Waals surface area contributed by atoms with Crippen molar-refractivity contribution < 1.29 is 23.1 Å². The van der Waals surface area contributed by atoms with Gasteiger partial charge in [-0.05, 0) is 67.5 Å². The van der Waals surface area contributed by atoms with Crippen molar-refractivity contribution in [1.82, 2.24) is 9.97 Å². The zero-order valence-electron chi connectivity index (χ0n) is 19.8. The van der Waals surface area contributed by atoms with Crippen molar-refractivity contribution in [2.24, 2.45) is 11.7 Å². The van der Waals surface area contributed by atoms with Crippen LogP contribution in [-0.4, -0.2) is 27.5 Å². The van der Waals surface area contributed by atoms with Crippen LogP contribution in [0.25, 0.3) is 22.0 Å². The molecule has 2 aromatic heterocycles. The fourth-order valence-corrected chi connectivity index (χ4v) is 5.18. The van der Waals surface area contributed by atoms with Gasteiger partial charge in [0, 0.05) is 35.5 Å². The number of hydrogen-bond donors (Lipinski definition) is 3. The topological polar surface area (TPSA) is 101 Å². The van der Waals surface area contributed by atoms with Crippen molar-refractivity contribution in [2.75, 3.05) is 11.9 Å². The van der Waals surface area contributed by atoms with E-state index in [9.17, 15) is 23.1 Å². The lowest BCUT2D eigenvalue weighted by molar-refractivity contribution is 0.102. The van der Waals surface area contributed by atoms with Gasteiger partial charge in [-0.25, -0.2) is 13.2 Å². The number of benzene rings is 2. The molecule has 1 aliphatic carbocycles. The molecule has 5 rings (SSSR count). The van der Waals surface area contributed by atoms with Gasteiger partial charge in [0.25, 0.3) is 5.91 Å². The zero-order chi connectivity index (χ0) is 26.1. The second kappa shape index (κ2) is 10.2. The number of nitrogens with two attached hydrogens (primary N) is 1. The van der Waals surface area contributed by atoms with Gasteiger partial charge < -0.3 is 16.2 Å². The summed E-state index contributed by atoms with van der Waals surface area (Å²) in [6, 6.07) is 7.09. The number of phenolic OH excluding ortho intramolecular Hbond substituents is 1. The van der Waals surface area contributed by atoms with E-state index >= 15 is 0 Å². The number of hydrogen-bond acceptors (Lipinski definition) is 5. The number of nitrogens with one attached hydrogen (secondary N) is 1. The van der Waals surface area contributed by atoms with Gasteiger partial charge in [-0.15, -0.1) is 0 Å². The first kappa shape index (κ1) is 24.7. The molecule has 2 heterocycles. The highest BCUT2D eigenvalue weighted by Gasteiger charge is 2.25. The monoisotopic (exact) mass is 506 g/mol. The van der Waals surface area contributed by atoms with E-state index < -0.39 is 34.7 Å². The van der Waals surface area contributed by atoms with E-state index in [-0.39, 0.29) is 27.9 Å². The van der Waals surface area contributed by atoms with E-state index in [1.807, 2.05) is 6.07 Å². The molecule has 190 valence electrons. The first-order valence-electron chi connectivity index (χ1n) is 12.1. The summed E-state index contributed by atoms with van der Waals surface area (Å²) < 4.78 is 43.5. The van der Waals surface area contributed by atoms with Crippen LogP contribution in [0, 0.1) is 23.4 Å². The highest BCUT2D eigenvalue weighted by atomic mass is 19.1. The quantitative estimate of drug-likeness (QED) is 0.313. The minimum absolute atomic E-state index is 0.0275. The molecular weight excluding hydrogens is 481 g/mol. The maximum Gasteiger partial charge on any atom is 0.257 e. The Hall–Kier alpha value is -3.98. The number of halogens is 3. The Kier molecular flexibility index (Phi) is 6.80. The van der Waals surface area contributed by atoms with Crippen molar-refractivity contribution >= 4 is 22.5 Å². The van der Waals surface area contributed by atoms with Crippen molar-refractivity contribution in [3.05, 3.63) is 83.6 Å². The van der Waals surface area contributed by atoms with Gasteiger partial charge in [-0.1, -0.05) is 6.42 Å². The minimum Gasteiger partial charge on any atom is -0.508 e. The predicted octanol–water partition coefficient (Wildman–Crippen LogP) is 5.90. The minimum atomic E-state index is -1.02. The average Bonchev–Trinajstić information content (AvgIpc) is 2.89. The van der Waals surface area contributed by atoms with Gasteiger partial charge >= 0.3 is 0 Å². The van der Waals surface area contributed by atoms with E-state index in [1.165, 1.54) is 18.3 Å². The Labute approximate surface area is 211 Å². The van der Waals surface area contributed by atoms with Crippen LogP contribution in [0.5, 0.6) is 5.75 Å². The Balaban J connectivity index is 1.49. The number of carbonyl (C=O) groups is 1. The average molecular weight is 507 g/mol. The molecule has 6 nitrogen and oxygen atoms in total. The first-order valence-corrected chi connectivity index (χ1v) is 12.1. The normalized spacial score (nSPS) is 17.6. The molecule has 37 heavy (non-hydrogen) atoms. The first-order chi connectivity index (χ1) is 17.9. The summed E-state index contributed by atoms with van der Waals surface area (Å²) in [5.41, 5.74) is 7.11. The van der Waals surface area contributed by atoms with Crippen LogP contribution >= 0.6 is 0 Å². The maximum atomic E-state index is 14.8. The summed E-state index contributed by atoms with van der Waals surface area (Å²) in [5.74, 6) is -3.14. The molecule has 0 saturated heterocycles. The summed E-state index contributed by atoms with van der Waals surface area (Å²) in [6.45, 7) is 0.621. The molecule has 2 unspecified atom stereocenters. The summed E-state index contributed by atoms with van der Waals surface area (Å²) in [6.07, 6.45) is 8.50. The number of phenols is 1. The predicted molar refractivity (Wildman–Crippen MR) is 135 cm³/mol. The van der Waals surface area contributed by atoms with Gasteiger partial charge in [0.05, 0.1) is 28.5 Å². The Morgan fingerprint density at radius 2 is 1.84 bits per heavy atom. The lowest BCUT2D eigenvalue weighted by Gasteiger charge is -2.29. The second-order valence-electron chi connectivity index (χ2n) is 9.38. The number of aromatic hydroxyl groups is 1. The molecule has 4 aromatic rings. The largest absolute Gasteiger partial charge is 0.508 e. The Morgan fingerprint density at radius 3 is 2.59 bits per heavy atom. The van der Waals surface area contributed by atoms with Crippen LogP contribution in [0.4, 0.5) is 18.9 Å². The molecule has 0 radical (unpaired) electrons. The van der Waals surface area contributed by atoms with Gasteiger partial charge in [0.1, 0.15) is 23.2 Å². The number of nitrogens with zero attached hydrogens (tertiary/aromatic N) is 2. The van der Waals surface area contributed by atoms with Crippen molar-refractivity contribution in [2.45, 2.75) is 31.6 Å². The SMILES string of the molecule is NCC1CCCC(c2ccncc2NC(=O)c2ccc(F)c3cc(-c4c(F)cc(O)cc4F)cnc23)C1. The van der Waals surface area contributed by atoms with E-state index in [4.69, 9.17) is 5.73 Å². The molecule has 4 N–H and O–H groups in total. The molecule has 0 bridgehead atoms. The van der Waals surface area contributed by atoms with E-state index in [0.29, 0.717) is 18.2 Å². The molecule has 2 aromatic carbocycles. The number of anilines is 1. The number of fused-ring (bicyclic) bond motifs is 1. The molecule has 1 fully saturated rings. The number of carbonyl (C=O) groups excluding carboxylic acids is 1. The third-order valence-electron chi connectivity index (χ3n) is 7.02. The van der Waals surface area contributed by atoms with Crippen LogP contribution in [0.15, 0.2) is 55.0 Å². The smallest absolute Gasteiger partial charge is 0.257 e. The molecule has 1 amide bonds. The van der Waals surface area contributed by atoms with Crippen LogP contribution in [0.3, 0.4) is 0 Å². The summed E-state index contributed by atoms with van der Waals surface area (Å²) >= 11 is 0. The third kappa shape index (κ3) is 4.86. The van der Waals surface area contributed by atoms with Gasteiger partial charge in [-0.2, -0.15) is 0 Å². The fraction of sp³-hybridized carbons (Fsp3) is 0.250. The fourth-order valence-electron chi connectivity index (χ4n) is 5.18. The molecule has 2 atom stereocenters. The van der Waals surface area contributed by atoms with Crippen molar-refractivity contribution in [1.29, 1.82) is 0 Å². The highest BCUT2D eigenvalue weighted by Crippen LogP contribution is 2.39. The van der Waals surface area contributed by atoms with Gasteiger partial charge in [-0.3, -0.25) is 14.8 Å². The van der Waals surface area contributed by atoms with Crippen molar-refractivity contribution in [3.63, 3.8) is 0 Å². The molecule has 1 saturated carbocycles. The number of aromatic nitrogens is 2. The van der Waals surface area contributed by atoms with Crippen LogP contribution < -0.4 is 11.1 Å². The second-order valence-corrected chi connectivity index (χ2v) is 9.38. The van der Waals surface area contributed by atoms with E-state index in [0.717, 1.165) is 49.4 Å². The van der Waals surface area contributed by atoms with Crippen LogP contribution in [0.1, 0.15) is 47.5 Å². The molecular formula is C28H25F3N4O2. The van der Waals surface area contributed by atoms with Gasteiger partial charge in [0.2, 0.25) is 0 Å². The Bertz CT molecular complexity index is 1470. The Morgan fingerprint density at radius 1 is 1.05 bits per heavy atom. The lowest BCUT2D eigenvalue weighted by Crippen LogP contribution is -2.23. The zero-order valence-corrected chi connectivity index (χ0v) is 19.8. The van der Waals surface area contributed by atoms with E-state index in [2.05, 4.69) is 15.3 Å². The number of rotatable bonds is 5. The molecule has 1 aliphatic rings. The maximum absolute atomic E-state index is 14.8. The standard InChI is InChI=1S/C28H25F3N4O2/c29-22-5-4-20(27-21(22)9-17(13-34-27)26-23(30)10-18(36)11-24(26)31)28(37)35-25-14-33-7-6-19(25)16-3-1-2-15(8-16)12-32/h4-7,9-11,13-16,36H,1-3,8,12,32H2,(H,35,37). The highest BCUT2D eigenvalue weighted by molar-refractivity contribution is 6.12. The molecule has 0 aliphatic heterocycles. The van der Waals surface area contributed by atoms with E-state index in [1.54, 1.807) is 12.4 Å². The van der Waals surface area contributed by atoms with Gasteiger partial charge in [0.15, 0.2) is 0 Å². The molecule has 0 spiro atoms. The van der Waals surface area contributed by atoms with Crippen LogP contribution in [-0.2, 0) is 0 Å².